The van der Waals surface area contributed by atoms with Crippen LogP contribution in [0.3, 0.4) is 0 Å². The Balaban J connectivity index is 2.06. The highest BCUT2D eigenvalue weighted by Gasteiger charge is 2.01. The van der Waals surface area contributed by atoms with Crippen LogP contribution in [-0.4, -0.2) is 14.5 Å². The van der Waals surface area contributed by atoms with Gasteiger partial charge < -0.3 is 9.47 Å². The number of benzene rings is 2. The van der Waals surface area contributed by atoms with E-state index in [2.05, 4.69) is 0 Å². The molecule has 0 aliphatic carbocycles. The van der Waals surface area contributed by atoms with Gasteiger partial charge in [0, 0.05) is 0 Å². The van der Waals surface area contributed by atoms with Crippen molar-refractivity contribution >= 4 is 10.7 Å². The van der Waals surface area contributed by atoms with Crippen molar-refractivity contribution in [2.45, 2.75) is 24.8 Å². The minimum atomic E-state index is -2.55. The molecule has 106 valence electrons. The molecule has 0 N–H and O–H groups in total. The van der Waals surface area contributed by atoms with Crippen molar-refractivity contribution in [2.24, 2.45) is 0 Å². The fraction of sp³-hybridized carbons (Fsp3) is 0.200. The first kappa shape index (κ1) is 14.4. The molecule has 0 atom stereocenters. The van der Waals surface area contributed by atoms with Gasteiger partial charge in [-0.3, -0.25) is 0 Å². The largest absolute Gasteiger partial charge is 0.491 e. The lowest BCUT2D eigenvalue weighted by molar-refractivity contribution is 0.242. The van der Waals surface area contributed by atoms with Crippen molar-refractivity contribution in [2.75, 3.05) is 0 Å². The monoisotopic (exact) mass is 292 g/mol. The molecule has 0 spiro atoms. The van der Waals surface area contributed by atoms with Crippen LogP contribution in [-0.2, 0) is 10.7 Å². The Morgan fingerprint density at radius 2 is 1.25 bits per heavy atom. The Morgan fingerprint density at radius 3 is 1.70 bits per heavy atom. The Hall–Kier alpha value is -2.01. The highest BCUT2D eigenvalue weighted by Crippen LogP contribution is 2.24. The maximum Gasteiger partial charge on any atom is 0.168 e. The Morgan fingerprint density at radius 1 is 0.800 bits per heavy atom. The van der Waals surface area contributed by atoms with E-state index in [0.29, 0.717) is 11.5 Å². The van der Waals surface area contributed by atoms with Crippen LogP contribution < -0.4 is 9.47 Å². The molecule has 0 aromatic heterocycles. The number of hydrogen-bond acceptors (Lipinski definition) is 4. The minimum absolute atomic E-state index is 0.128. The fourth-order valence-corrected chi connectivity index (χ4v) is 2.02. The third-order valence-electron chi connectivity index (χ3n) is 2.48. The van der Waals surface area contributed by atoms with E-state index in [0.717, 1.165) is 5.75 Å². The summed E-state index contributed by atoms with van der Waals surface area (Å²) in [7, 11) is -2.55. The molecule has 0 fully saturated rings. The van der Waals surface area contributed by atoms with Crippen molar-refractivity contribution < 1.29 is 17.9 Å². The van der Waals surface area contributed by atoms with Crippen LogP contribution in [0.5, 0.6) is 17.2 Å². The second kappa shape index (κ2) is 6.43. The van der Waals surface area contributed by atoms with E-state index in [9.17, 15) is 8.42 Å². The normalized spacial score (nSPS) is 10.8. The summed E-state index contributed by atoms with van der Waals surface area (Å²) >= 11 is 0. The van der Waals surface area contributed by atoms with E-state index in [-0.39, 0.29) is 11.0 Å². The smallest absolute Gasteiger partial charge is 0.168 e. The molecule has 0 saturated heterocycles. The second-order valence-corrected chi connectivity index (χ2v) is 5.52. The van der Waals surface area contributed by atoms with Crippen molar-refractivity contribution in [3.05, 3.63) is 48.5 Å². The quantitative estimate of drug-likeness (QED) is 0.860. The number of ether oxygens (including phenoxy) is 2. The number of hydrogen-bond donors (Lipinski definition) is 1. The van der Waals surface area contributed by atoms with Gasteiger partial charge >= 0.3 is 0 Å². The lowest BCUT2D eigenvalue weighted by Crippen LogP contribution is -2.05. The van der Waals surface area contributed by atoms with Crippen LogP contribution in [0, 0.1) is 0 Å². The van der Waals surface area contributed by atoms with Crippen LogP contribution in [0.2, 0.25) is 0 Å². The van der Waals surface area contributed by atoms with Crippen molar-refractivity contribution in [1.82, 2.24) is 0 Å². The van der Waals surface area contributed by atoms with E-state index >= 15 is 0 Å². The molecule has 5 heteroatoms. The molecule has 0 saturated carbocycles. The summed E-state index contributed by atoms with van der Waals surface area (Å²) in [5, 5.41) is 0. The SMILES string of the molecule is CC(C)Oc1ccc(Oc2ccc([SH](=O)=O)cc2)cc1. The molecule has 0 bridgehead atoms. The molecule has 0 heterocycles. The highest BCUT2D eigenvalue weighted by molar-refractivity contribution is 7.72. The van der Waals surface area contributed by atoms with E-state index in [1.54, 1.807) is 24.3 Å². The first-order chi connectivity index (χ1) is 9.54. The van der Waals surface area contributed by atoms with Gasteiger partial charge in [-0.2, -0.15) is 0 Å². The molecule has 2 rings (SSSR count). The van der Waals surface area contributed by atoms with Gasteiger partial charge in [-0.25, -0.2) is 8.42 Å². The van der Waals surface area contributed by atoms with Crippen molar-refractivity contribution in [3.63, 3.8) is 0 Å². The Labute approximate surface area is 119 Å². The first-order valence-corrected chi connectivity index (χ1v) is 7.41. The third kappa shape index (κ3) is 3.99. The van der Waals surface area contributed by atoms with Gasteiger partial charge in [-0.1, -0.05) is 0 Å². The lowest BCUT2D eigenvalue weighted by Gasteiger charge is -2.10. The zero-order valence-corrected chi connectivity index (χ0v) is 12.2. The van der Waals surface area contributed by atoms with E-state index in [4.69, 9.17) is 9.47 Å². The zero-order chi connectivity index (χ0) is 14.5. The third-order valence-corrected chi connectivity index (χ3v) is 3.20. The summed E-state index contributed by atoms with van der Waals surface area (Å²) in [4.78, 5) is 0.271. The zero-order valence-electron chi connectivity index (χ0n) is 11.3. The molecule has 0 amide bonds. The molecule has 0 aliphatic heterocycles. The van der Waals surface area contributed by atoms with E-state index in [1.807, 2.05) is 26.0 Å². The average Bonchev–Trinajstić information content (AvgIpc) is 2.41. The predicted molar refractivity (Wildman–Crippen MR) is 77.3 cm³/mol. The molecule has 4 nitrogen and oxygen atoms in total. The molecule has 20 heavy (non-hydrogen) atoms. The Bertz CT molecular complexity index is 620. The second-order valence-electron chi connectivity index (χ2n) is 4.49. The molecule has 0 aliphatic rings. The van der Waals surface area contributed by atoms with Crippen LogP contribution in [0.15, 0.2) is 53.4 Å². The van der Waals surface area contributed by atoms with Crippen LogP contribution in [0.4, 0.5) is 0 Å². The van der Waals surface area contributed by atoms with Gasteiger partial charge in [0.05, 0.1) is 11.0 Å². The number of rotatable bonds is 5. The van der Waals surface area contributed by atoms with Crippen molar-refractivity contribution in [3.8, 4) is 17.2 Å². The van der Waals surface area contributed by atoms with Gasteiger partial charge in [0.25, 0.3) is 0 Å². The van der Waals surface area contributed by atoms with E-state index < -0.39 is 10.7 Å². The summed E-state index contributed by atoms with van der Waals surface area (Å²) in [6, 6.07) is 13.5. The highest BCUT2D eigenvalue weighted by atomic mass is 32.2. The number of thiol groups is 1. The average molecular weight is 292 g/mol. The first-order valence-electron chi connectivity index (χ1n) is 6.23. The fourth-order valence-electron chi connectivity index (χ4n) is 1.63. The minimum Gasteiger partial charge on any atom is -0.491 e. The predicted octanol–water partition coefficient (Wildman–Crippen LogP) is 3.24. The van der Waals surface area contributed by atoms with Crippen LogP contribution in [0.1, 0.15) is 13.8 Å². The summed E-state index contributed by atoms with van der Waals surface area (Å²) < 4.78 is 32.7. The molecule has 0 radical (unpaired) electrons. The van der Waals surface area contributed by atoms with Gasteiger partial charge in [-0.05, 0) is 62.4 Å². The topological polar surface area (TPSA) is 52.6 Å². The van der Waals surface area contributed by atoms with Gasteiger partial charge in [-0.15, -0.1) is 0 Å². The summed E-state index contributed by atoms with van der Waals surface area (Å²) in [5.41, 5.74) is 0. The molecule has 2 aromatic rings. The summed E-state index contributed by atoms with van der Waals surface area (Å²) in [6.07, 6.45) is 0.128. The van der Waals surface area contributed by atoms with E-state index in [1.165, 1.54) is 12.1 Å². The maximum atomic E-state index is 10.8. The van der Waals surface area contributed by atoms with Gasteiger partial charge in [0.1, 0.15) is 17.2 Å². The standard InChI is InChI=1S/C15H16O4S/c1-11(2)18-12-3-5-13(6-4-12)19-14-7-9-15(10-8-14)20(16)17/h3-11,20H,1-2H3. The van der Waals surface area contributed by atoms with Crippen molar-refractivity contribution in [1.29, 1.82) is 0 Å². The van der Waals surface area contributed by atoms with Gasteiger partial charge in [0.15, 0.2) is 10.7 Å². The maximum absolute atomic E-state index is 10.8. The lowest BCUT2D eigenvalue weighted by atomic mass is 10.3. The molecule has 2 aromatic carbocycles. The van der Waals surface area contributed by atoms with Gasteiger partial charge in [0.2, 0.25) is 0 Å². The Kier molecular flexibility index (Phi) is 4.63. The van der Waals surface area contributed by atoms with Crippen LogP contribution >= 0.6 is 0 Å². The molecular formula is C15H16O4S. The summed E-state index contributed by atoms with van der Waals surface area (Å²) in [5.74, 6) is 2.04. The molecular weight excluding hydrogens is 276 g/mol. The van der Waals surface area contributed by atoms with Crippen LogP contribution in [0.25, 0.3) is 0 Å². The summed E-state index contributed by atoms with van der Waals surface area (Å²) in [6.45, 7) is 3.93. The molecule has 0 unspecified atom stereocenters.